The van der Waals surface area contributed by atoms with Crippen molar-refractivity contribution in [3.63, 3.8) is 0 Å². The van der Waals surface area contributed by atoms with Gasteiger partial charge in [-0.1, -0.05) is 13.8 Å². The van der Waals surface area contributed by atoms with E-state index >= 15 is 0 Å². The van der Waals surface area contributed by atoms with Gasteiger partial charge < -0.3 is 14.6 Å². The Morgan fingerprint density at radius 1 is 1.39 bits per heavy atom. The van der Waals surface area contributed by atoms with Crippen LogP contribution in [-0.2, 0) is 14.3 Å². The number of aliphatic hydroxyl groups excluding tert-OH is 1. The Hall–Kier alpha value is -0.520. The van der Waals surface area contributed by atoms with Gasteiger partial charge in [-0.05, 0) is 24.0 Å². The summed E-state index contributed by atoms with van der Waals surface area (Å²) in [5.74, 6) is 0.497. The number of hydrogen-bond donors (Lipinski definition) is 1. The quantitative estimate of drug-likeness (QED) is 0.517. The fourth-order valence-corrected chi connectivity index (χ4v) is 2.35. The lowest BCUT2D eigenvalue weighted by atomic mass is 10.1. The van der Waals surface area contributed by atoms with Gasteiger partial charge in [-0.15, -0.1) is 11.8 Å². The first-order chi connectivity index (χ1) is 8.58. The Bertz CT molecular complexity index is 266. The van der Waals surface area contributed by atoms with Crippen molar-refractivity contribution in [1.82, 2.24) is 0 Å². The second-order valence-electron chi connectivity index (χ2n) is 3.74. The summed E-state index contributed by atoms with van der Waals surface area (Å²) in [5.41, 5.74) is 0. The van der Waals surface area contributed by atoms with Gasteiger partial charge in [0.2, 0.25) is 0 Å². The van der Waals surface area contributed by atoms with Crippen molar-refractivity contribution in [2.45, 2.75) is 45.8 Å². The van der Waals surface area contributed by atoms with E-state index in [0.29, 0.717) is 19.4 Å². The lowest BCUT2D eigenvalue weighted by Crippen LogP contribution is -2.29. The number of thioether (sulfide) groups is 1. The predicted octanol–water partition coefficient (Wildman–Crippen LogP) is 2.36. The second-order valence-corrected chi connectivity index (χ2v) is 5.13. The molecule has 0 radical (unpaired) electrons. The lowest BCUT2D eigenvalue weighted by molar-refractivity contribution is -0.134. The average Bonchev–Trinajstić information content (AvgIpc) is 2.37. The summed E-state index contributed by atoms with van der Waals surface area (Å²) < 4.78 is 10.2. The number of rotatable bonds is 9. The first-order valence-corrected chi connectivity index (χ1v) is 7.28. The Kier molecular flexibility index (Phi) is 10.1. The van der Waals surface area contributed by atoms with Crippen LogP contribution in [0.5, 0.6) is 0 Å². The number of hydrogen-bond acceptors (Lipinski definition) is 5. The molecule has 0 saturated carbocycles. The summed E-state index contributed by atoms with van der Waals surface area (Å²) in [6, 6.07) is 0. The predicted molar refractivity (Wildman–Crippen MR) is 74.6 cm³/mol. The number of esters is 1. The van der Waals surface area contributed by atoms with Gasteiger partial charge >= 0.3 is 5.97 Å². The molecule has 0 aliphatic rings. The molecular formula is C13H24O4S. The summed E-state index contributed by atoms with van der Waals surface area (Å²) in [7, 11) is 1.36. The van der Waals surface area contributed by atoms with Gasteiger partial charge in [-0.3, -0.25) is 0 Å². The maximum atomic E-state index is 11.3. The number of carbonyl (C=O) groups is 1. The van der Waals surface area contributed by atoms with E-state index in [4.69, 9.17) is 4.74 Å². The molecule has 2 unspecified atom stereocenters. The molecule has 0 fully saturated rings. The summed E-state index contributed by atoms with van der Waals surface area (Å²) in [6.45, 7) is 6.37. The third kappa shape index (κ3) is 7.03. The van der Waals surface area contributed by atoms with Crippen LogP contribution in [0.15, 0.2) is 11.0 Å². The maximum Gasteiger partial charge on any atom is 0.331 e. The Morgan fingerprint density at radius 2 is 2.06 bits per heavy atom. The first-order valence-electron chi connectivity index (χ1n) is 6.29. The molecular weight excluding hydrogens is 252 g/mol. The van der Waals surface area contributed by atoms with Crippen LogP contribution in [0.1, 0.15) is 33.6 Å². The molecule has 0 aromatic carbocycles. The molecule has 4 nitrogen and oxygen atoms in total. The van der Waals surface area contributed by atoms with E-state index in [0.717, 1.165) is 10.7 Å². The molecule has 0 aromatic heterocycles. The van der Waals surface area contributed by atoms with Gasteiger partial charge in [0.25, 0.3) is 0 Å². The summed E-state index contributed by atoms with van der Waals surface area (Å²) in [6.07, 6.45) is 1.87. The Morgan fingerprint density at radius 3 is 2.50 bits per heavy atom. The standard InChI is InChI=1S/C13H24O4S/c1-5-11(14)12(17-6-2)8-10(18-7-3)9-13(15)16-4/h9,11-12,14H,5-8H2,1-4H3/b10-9+. The molecule has 0 spiro atoms. The van der Waals surface area contributed by atoms with Crippen LogP contribution in [0.2, 0.25) is 0 Å². The Balaban J connectivity index is 4.69. The molecule has 0 rings (SSSR count). The zero-order valence-corrected chi connectivity index (χ0v) is 12.5. The molecule has 18 heavy (non-hydrogen) atoms. The third-order valence-corrected chi connectivity index (χ3v) is 3.38. The van der Waals surface area contributed by atoms with Crippen molar-refractivity contribution in [1.29, 1.82) is 0 Å². The van der Waals surface area contributed by atoms with Gasteiger partial charge in [0.1, 0.15) is 0 Å². The molecule has 0 amide bonds. The smallest absolute Gasteiger partial charge is 0.331 e. The van der Waals surface area contributed by atoms with Crippen LogP contribution in [0, 0.1) is 0 Å². The second kappa shape index (κ2) is 10.4. The lowest BCUT2D eigenvalue weighted by Gasteiger charge is -2.22. The molecule has 0 aromatic rings. The van der Waals surface area contributed by atoms with Crippen molar-refractivity contribution in [2.75, 3.05) is 19.5 Å². The SMILES string of the molecule is CCOC(C/C(=C\C(=O)OC)SCC)C(O)CC. The number of ether oxygens (including phenoxy) is 2. The molecule has 0 bridgehead atoms. The van der Waals surface area contributed by atoms with Crippen LogP contribution in [0.25, 0.3) is 0 Å². The van der Waals surface area contributed by atoms with E-state index in [1.165, 1.54) is 13.2 Å². The van der Waals surface area contributed by atoms with Gasteiger partial charge in [0.05, 0.1) is 19.3 Å². The van der Waals surface area contributed by atoms with Crippen LogP contribution in [0.4, 0.5) is 0 Å². The largest absolute Gasteiger partial charge is 0.466 e. The van der Waals surface area contributed by atoms with Gasteiger partial charge in [0, 0.05) is 19.1 Å². The molecule has 0 heterocycles. The molecule has 106 valence electrons. The highest BCUT2D eigenvalue weighted by molar-refractivity contribution is 8.03. The monoisotopic (exact) mass is 276 g/mol. The highest BCUT2D eigenvalue weighted by Gasteiger charge is 2.20. The van der Waals surface area contributed by atoms with Gasteiger partial charge in [-0.25, -0.2) is 4.79 Å². The fourth-order valence-electron chi connectivity index (χ4n) is 1.52. The normalized spacial score (nSPS) is 15.3. The van der Waals surface area contributed by atoms with Gasteiger partial charge in [-0.2, -0.15) is 0 Å². The maximum absolute atomic E-state index is 11.3. The minimum atomic E-state index is -0.511. The minimum Gasteiger partial charge on any atom is -0.466 e. The highest BCUT2D eigenvalue weighted by atomic mass is 32.2. The van der Waals surface area contributed by atoms with E-state index in [1.807, 2.05) is 20.8 Å². The number of methoxy groups -OCH3 is 1. The highest BCUT2D eigenvalue weighted by Crippen LogP contribution is 2.24. The fraction of sp³-hybridized carbons (Fsp3) is 0.769. The van der Waals surface area contributed by atoms with E-state index < -0.39 is 6.10 Å². The number of aliphatic hydroxyl groups is 1. The van der Waals surface area contributed by atoms with E-state index in [-0.39, 0.29) is 12.1 Å². The summed E-state index contributed by atoms with van der Waals surface area (Å²) in [5, 5.41) is 9.88. The van der Waals surface area contributed by atoms with E-state index in [2.05, 4.69) is 4.74 Å². The van der Waals surface area contributed by atoms with E-state index in [1.54, 1.807) is 11.8 Å². The van der Waals surface area contributed by atoms with Crippen molar-refractivity contribution < 1.29 is 19.4 Å². The van der Waals surface area contributed by atoms with Crippen molar-refractivity contribution in [3.8, 4) is 0 Å². The topological polar surface area (TPSA) is 55.8 Å². The first kappa shape index (κ1) is 17.5. The van der Waals surface area contributed by atoms with Crippen LogP contribution < -0.4 is 0 Å². The van der Waals surface area contributed by atoms with Gasteiger partial charge in [0.15, 0.2) is 0 Å². The zero-order chi connectivity index (χ0) is 14.0. The van der Waals surface area contributed by atoms with Crippen molar-refractivity contribution >= 4 is 17.7 Å². The minimum absolute atomic E-state index is 0.269. The zero-order valence-electron chi connectivity index (χ0n) is 11.6. The molecule has 1 N–H and O–H groups in total. The van der Waals surface area contributed by atoms with Crippen LogP contribution >= 0.6 is 11.8 Å². The summed E-state index contributed by atoms with van der Waals surface area (Å²) >= 11 is 1.57. The molecule has 0 saturated heterocycles. The molecule has 0 aliphatic carbocycles. The average molecular weight is 276 g/mol. The summed E-state index contributed by atoms with van der Waals surface area (Å²) in [4.78, 5) is 12.1. The van der Waals surface area contributed by atoms with Crippen LogP contribution in [0.3, 0.4) is 0 Å². The van der Waals surface area contributed by atoms with Crippen molar-refractivity contribution in [2.24, 2.45) is 0 Å². The molecule has 5 heteroatoms. The molecule has 0 aliphatic heterocycles. The van der Waals surface area contributed by atoms with Crippen LogP contribution in [-0.4, -0.2) is 42.8 Å². The number of carbonyl (C=O) groups excluding carboxylic acids is 1. The van der Waals surface area contributed by atoms with Crippen molar-refractivity contribution in [3.05, 3.63) is 11.0 Å². The van der Waals surface area contributed by atoms with E-state index in [9.17, 15) is 9.90 Å². The Labute approximate surface area is 114 Å². The third-order valence-electron chi connectivity index (χ3n) is 2.44. The molecule has 2 atom stereocenters.